The maximum absolute atomic E-state index is 14.5. The Morgan fingerprint density at radius 3 is 2.79 bits per heavy atom. The Morgan fingerprint density at radius 2 is 2.00 bits per heavy atom. The van der Waals surface area contributed by atoms with Crippen molar-refractivity contribution in [1.82, 2.24) is 24.1 Å². The lowest BCUT2D eigenvalue weighted by Crippen LogP contribution is -2.40. The molecule has 0 aromatic carbocycles. The first kappa shape index (κ1) is 18.3. The Balaban J connectivity index is 1.57. The minimum absolute atomic E-state index is 0.173. The number of nitrogens with one attached hydrogen (secondary N) is 1. The van der Waals surface area contributed by atoms with Crippen LogP contribution < -0.4 is 15.8 Å². The fraction of sp³-hybridized carbons (Fsp3) is 0.350. The van der Waals surface area contributed by atoms with E-state index < -0.39 is 5.82 Å². The predicted octanol–water partition coefficient (Wildman–Crippen LogP) is 2.71. The highest BCUT2D eigenvalue weighted by atomic mass is 32.1. The van der Waals surface area contributed by atoms with Crippen molar-refractivity contribution in [2.45, 2.75) is 25.8 Å². The highest BCUT2D eigenvalue weighted by Crippen LogP contribution is 2.29. The number of hydrogen-bond acceptors (Lipinski definition) is 6. The quantitative estimate of drug-likeness (QED) is 0.561. The molecule has 9 heteroatoms. The Bertz CT molecular complexity index is 1270. The van der Waals surface area contributed by atoms with Gasteiger partial charge in [0.25, 0.3) is 5.56 Å². The lowest BCUT2D eigenvalue weighted by atomic mass is 10.1. The van der Waals surface area contributed by atoms with Gasteiger partial charge in [-0.2, -0.15) is 0 Å². The molecule has 5 rings (SSSR count). The number of imidazole rings is 1. The van der Waals surface area contributed by atoms with Crippen LogP contribution in [0.2, 0.25) is 0 Å². The third-order valence-electron chi connectivity index (χ3n) is 5.48. The van der Waals surface area contributed by atoms with Crippen LogP contribution in [0, 0.1) is 12.7 Å². The molecular weight excluding hydrogens is 391 g/mol. The first-order valence-corrected chi connectivity index (χ1v) is 10.4. The number of anilines is 1. The molecule has 7 nitrogen and oxygen atoms in total. The standard InChI is InChI=1S/C20H21FN6OS/c1-12-9-26-10-13(7-15(21)19(26)23-12)16-8-17(28)27-11-18(29-20(27)24-16)25(2)14-3-5-22-6-4-14/h7-11,14,22H,3-6H2,1-2H3. The van der Waals surface area contributed by atoms with E-state index in [1.54, 1.807) is 21.2 Å². The van der Waals surface area contributed by atoms with E-state index in [0.717, 1.165) is 36.6 Å². The molecule has 1 aliphatic heterocycles. The van der Waals surface area contributed by atoms with Gasteiger partial charge >= 0.3 is 0 Å². The minimum atomic E-state index is -0.435. The molecule has 29 heavy (non-hydrogen) atoms. The summed E-state index contributed by atoms with van der Waals surface area (Å²) in [6.45, 7) is 3.82. The van der Waals surface area contributed by atoms with Crippen molar-refractivity contribution in [3.63, 3.8) is 0 Å². The van der Waals surface area contributed by atoms with Gasteiger partial charge < -0.3 is 14.6 Å². The van der Waals surface area contributed by atoms with Crippen LogP contribution in [-0.2, 0) is 0 Å². The molecule has 4 aromatic rings. The van der Waals surface area contributed by atoms with Crippen LogP contribution >= 0.6 is 11.3 Å². The number of halogens is 1. The SMILES string of the molecule is Cc1cn2cc(-c3cc(=O)n4cc(N(C)C5CCNCC5)sc4n3)cc(F)c2n1. The molecule has 5 heterocycles. The second kappa shape index (κ2) is 6.93. The summed E-state index contributed by atoms with van der Waals surface area (Å²) in [7, 11) is 2.07. The van der Waals surface area contributed by atoms with Gasteiger partial charge in [-0.1, -0.05) is 11.3 Å². The average Bonchev–Trinajstić information content (AvgIpc) is 3.31. The number of aryl methyl sites for hydroxylation is 1. The van der Waals surface area contributed by atoms with E-state index in [4.69, 9.17) is 0 Å². The van der Waals surface area contributed by atoms with Crippen molar-refractivity contribution in [1.29, 1.82) is 0 Å². The van der Waals surface area contributed by atoms with Gasteiger partial charge in [-0.05, 0) is 38.9 Å². The summed E-state index contributed by atoms with van der Waals surface area (Å²) in [4.78, 5) is 24.4. The molecule has 150 valence electrons. The van der Waals surface area contributed by atoms with Crippen LogP contribution in [0.15, 0.2) is 35.5 Å². The Hall–Kier alpha value is -2.78. The molecule has 0 saturated carbocycles. The molecule has 1 aliphatic rings. The van der Waals surface area contributed by atoms with Crippen LogP contribution in [0.4, 0.5) is 9.39 Å². The van der Waals surface area contributed by atoms with Crippen molar-refractivity contribution < 1.29 is 4.39 Å². The maximum Gasteiger partial charge on any atom is 0.259 e. The fourth-order valence-corrected chi connectivity index (χ4v) is 4.92. The highest BCUT2D eigenvalue weighted by Gasteiger charge is 2.21. The molecule has 0 spiro atoms. The molecule has 1 saturated heterocycles. The number of piperidine rings is 1. The van der Waals surface area contributed by atoms with E-state index in [9.17, 15) is 9.18 Å². The molecule has 0 radical (unpaired) electrons. The van der Waals surface area contributed by atoms with E-state index >= 15 is 0 Å². The first-order valence-electron chi connectivity index (χ1n) is 9.61. The number of thiazole rings is 1. The monoisotopic (exact) mass is 412 g/mol. The normalized spacial score (nSPS) is 15.4. The predicted molar refractivity (Wildman–Crippen MR) is 113 cm³/mol. The van der Waals surface area contributed by atoms with Crippen molar-refractivity contribution in [3.8, 4) is 11.3 Å². The van der Waals surface area contributed by atoms with E-state index in [0.29, 0.717) is 22.3 Å². The molecule has 1 fully saturated rings. The average molecular weight is 412 g/mol. The molecule has 0 atom stereocenters. The van der Waals surface area contributed by atoms with Crippen LogP contribution in [0.3, 0.4) is 0 Å². The molecule has 4 aromatic heterocycles. The van der Waals surface area contributed by atoms with Gasteiger partial charge in [-0.3, -0.25) is 9.20 Å². The zero-order valence-corrected chi connectivity index (χ0v) is 17.0. The zero-order valence-electron chi connectivity index (χ0n) is 16.2. The second-order valence-corrected chi connectivity index (χ2v) is 8.47. The summed E-state index contributed by atoms with van der Waals surface area (Å²) in [5.74, 6) is -0.435. The van der Waals surface area contributed by atoms with Gasteiger partial charge in [0.2, 0.25) is 0 Å². The summed E-state index contributed by atoms with van der Waals surface area (Å²) in [6.07, 6.45) is 7.50. The molecule has 0 aliphatic carbocycles. The first-order chi connectivity index (χ1) is 14.0. The smallest absolute Gasteiger partial charge is 0.259 e. The van der Waals surface area contributed by atoms with Crippen molar-refractivity contribution in [2.75, 3.05) is 25.0 Å². The summed E-state index contributed by atoms with van der Waals surface area (Å²) < 4.78 is 17.7. The number of pyridine rings is 1. The van der Waals surface area contributed by atoms with E-state index in [-0.39, 0.29) is 11.2 Å². The summed E-state index contributed by atoms with van der Waals surface area (Å²) in [5.41, 5.74) is 1.83. The number of aromatic nitrogens is 4. The maximum atomic E-state index is 14.5. The lowest BCUT2D eigenvalue weighted by Gasteiger charge is -2.31. The van der Waals surface area contributed by atoms with Crippen LogP contribution in [0.25, 0.3) is 21.9 Å². The van der Waals surface area contributed by atoms with Crippen LogP contribution in [-0.4, -0.2) is 44.9 Å². The number of rotatable bonds is 3. The van der Waals surface area contributed by atoms with Gasteiger partial charge in [-0.15, -0.1) is 0 Å². The van der Waals surface area contributed by atoms with Crippen molar-refractivity contribution in [2.24, 2.45) is 0 Å². The Labute approximate surface area is 170 Å². The third kappa shape index (κ3) is 3.20. The largest absolute Gasteiger partial charge is 0.362 e. The van der Waals surface area contributed by atoms with Crippen LogP contribution in [0.5, 0.6) is 0 Å². The van der Waals surface area contributed by atoms with Gasteiger partial charge in [-0.25, -0.2) is 14.4 Å². The van der Waals surface area contributed by atoms with E-state index in [1.165, 1.54) is 23.5 Å². The van der Waals surface area contributed by atoms with Gasteiger partial charge in [0.15, 0.2) is 16.4 Å². The Kier molecular flexibility index (Phi) is 4.36. The molecular formula is C20H21FN6OS. The third-order valence-corrected chi connectivity index (χ3v) is 6.55. The van der Waals surface area contributed by atoms with Crippen molar-refractivity contribution >= 4 is 26.9 Å². The number of nitrogens with zero attached hydrogens (tertiary/aromatic N) is 5. The summed E-state index contributed by atoms with van der Waals surface area (Å²) >= 11 is 1.48. The molecule has 1 N–H and O–H groups in total. The van der Waals surface area contributed by atoms with Crippen LogP contribution in [0.1, 0.15) is 18.5 Å². The minimum Gasteiger partial charge on any atom is -0.362 e. The van der Waals surface area contributed by atoms with Gasteiger partial charge in [0, 0.05) is 43.3 Å². The topological polar surface area (TPSA) is 66.9 Å². The highest BCUT2D eigenvalue weighted by molar-refractivity contribution is 7.20. The molecule has 0 amide bonds. The van der Waals surface area contributed by atoms with E-state index in [2.05, 4.69) is 27.2 Å². The fourth-order valence-electron chi connectivity index (χ4n) is 3.90. The zero-order chi connectivity index (χ0) is 20.1. The lowest BCUT2D eigenvalue weighted by molar-refractivity contribution is 0.444. The summed E-state index contributed by atoms with van der Waals surface area (Å²) in [5, 5.41) is 4.38. The van der Waals surface area contributed by atoms with E-state index in [1.807, 2.05) is 13.1 Å². The Morgan fingerprint density at radius 1 is 1.21 bits per heavy atom. The molecule has 0 unspecified atom stereocenters. The summed E-state index contributed by atoms with van der Waals surface area (Å²) in [6, 6.07) is 3.29. The second-order valence-electron chi connectivity index (χ2n) is 7.48. The number of hydrogen-bond donors (Lipinski definition) is 1. The number of fused-ring (bicyclic) bond motifs is 2. The molecule has 0 bridgehead atoms. The van der Waals surface area contributed by atoms with Gasteiger partial charge in [0.1, 0.15) is 5.00 Å². The van der Waals surface area contributed by atoms with Crippen molar-refractivity contribution in [3.05, 3.63) is 52.6 Å². The van der Waals surface area contributed by atoms with Gasteiger partial charge in [0.05, 0.1) is 11.4 Å².